The number of aryl methyl sites for hydroxylation is 1. The third kappa shape index (κ3) is 7.84. The van der Waals surface area contributed by atoms with Gasteiger partial charge in [-0.05, 0) is 149 Å². The van der Waals surface area contributed by atoms with E-state index in [4.69, 9.17) is 9.15 Å². The predicted octanol–water partition coefficient (Wildman–Crippen LogP) is 11.5. The lowest BCUT2D eigenvalue weighted by Gasteiger charge is -2.42. The molecule has 7 N–H and O–H groups in total. The monoisotopic (exact) mass is 1020 g/mol. The highest BCUT2D eigenvalue weighted by Gasteiger charge is 2.46. The zero-order valence-electron chi connectivity index (χ0n) is 39.3. The second kappa shape index (κ2) is 18.8. The van der Waals surface area contributed by atoms with E-state index in [-0.39, 0.29) is 75.7 Å². The Labute approximate surface area is 423 Å². The number of rotatable bonds is 5. The third-order valence-electron chi connectivity index (χ3n) is 16.0. The van der Waals surface area contributed by atoms with Gasteiger partial charge in [-0.2, -0.15) is 0 Å². The number of aliphatic hydroxyl groups is 3. The van der Waals surface area contributed by atoms with Crippen LogP contribution in [0.4, 0.5) is 0 Å². The molecule has 2 aliphatic carbocycles. The van der Waals surface area contributed by atoms with Gasteiger partial charge in [0.2, 0.25) is 11.2 Å². The lowest BCUT2D eigenvalue weighted by atomic mass is 9.68. The SMILES string of the molecule is CC(C)Cc1cc(-c2oc3cc(O)c4c(c3c(=O)c2O)O[C@@H]2C[C@H]3c5c-4cc4c6c(ccc(c56)[C@@H](SSCCC[C@H]2O)[C@@H]3O)CC[C@@H]4CCO)c2c(c1O)Cc1cccc(c1)[C@@H]1NCCC[C@@H]1SSC2. The minimum Gasteiger partial charge on any atom is -0.507 e. The summed E-state index contributed by atoms with van der Waals surface area (Å²) in [6, 6.07) is 18.5. The van der Waals surface area contributed by atoms with Crippen molar-refractivity contribution >= 4 is 64.9 Å². The van der Waals surface area contributed by atoms with E-state index in [1.807, 2.05) is 16.9 Å². The zero-order valence-corrected chi connectivity index (χ0v) is 42.6. The lowest BCUT2D eigenvalue weighted by molar-refractivity contribution is 0.00975. The fraction of sp³-hybridized carbons (Fsp3) is 0.446. The molecule has 70 heavy (non-hydrogen) atoms. The quantitative estimate of drug-likeness (QED) is 0.0813. The molecule has 6 aromatic rings. The Hall–Kier alpha value is -3.99. The average Bonchev–Trinajstić information content (AvgIpc) is 3.37. The van der Waals surface area contributed by atoms with E-state index in [1.165, 1.54) is 17.2 Å². The Morgan fingerprint density at radius 3 is 2.59 bits per heavy atom. The van der Waals surface area contributed by atoms with Crippen LogP contribution in [0.25, 0.3) is 44.2 Å². The maximum Gasteiger partial charge on any atom is 0.238 e. The molecule has 0 amide bonds. The number of benzene rings is 5. The summed E-state index contributed by atoms with van der Waals surface area (Å²) in [7, 11) is 6.90. The van der Waals surface area contributed by atoms with E-state index in [2.05, 4.69) is 61.6 Å². The number of hydrogen-bond acceptors (Lipinski definition) is 14. The van der Waals surface area contributed by atoms with Gasteiger partial charge in [-0.15, -0.1) is 0 Å². The number of aliphatic hydroxyl groups excluding tert-OH is 3. The van der Waals surface area contributed by atoms with Gasteiger partial charge in [0.25, 0.3) is 0 Å². The average molecular weight is 1020 g/mol. The minimum absolute atomic E-state index is 0.0110. The first-order valence-electron chi connectivity index (χ1n) is 25.1. The molecule has 0 spiro atoms. The van der Waals surface area contributed by atoms with Gasteiger partial charge in [-0.25, -0.2) is 0 Å². The van der Waals surface area contributed by atoms with Gasteiger partial charge < -0.3 is 45.1 Å². The summed E-state index contributed by atoms with van der Waals surface area (Å²) in [4.78, 5) is 15.4. The van der Waals surface area contributed by atoms with E-state index in [9.17, 15) is 30.6 Å². The molecule has 0 radical (unpaired) electrons. The largest absolute Gasteiger partial charge is 0.507 e. The number of hydrogen-bond donors (Lipinski definition) is 7. The maximum atomic E-state index is 15.4. The van der Waals surface area contributed by atoms with Gasteiger partial charge in [0.15, 0.2) is 5.76 Å². The summed E-state index contributed by atoms with van der Waals surface area (Å²) in [6.45, 7) is 5.14. The van der Waals surface area contributed by atoms with E-state index in [0.29, 0.717) is 59.8 Å². The molecular formula is C56H59NO9S4. The fourth-order valence-electron chi connectivity index (χ4n) is 12.7. The second-order valence-electron chi connectivity index (χ2n) is 20.7. The minimum atomic E-state index is -0.972. The smallest absolute Gasteiger partial charge is 0.238 e. The van der Waals surface area contributed by atoms with E-state index < -0.39 is 35.4 Å². The van der Waals surface area contributed by atoms with Crippen LogP contribution < -0.4 is 15.5 Å². The molecule has 4 aliphatic heterocycles. The van der Waals surface area contributed by atoms with Crippen LogP contribution >= 0.6 is 43.2 Å². The molecule has 1 aromatic heterocycles. The molecule has 14 heteroatoms. The molecule has 10 nitrogen and oxygen atoms in total. The molecule has 5 aromatic carbocycles. The van der Waals surface area contributed by atoms with Crippen LogP contribution in [0.1, 0.15) is 132 Å². The van der Waals surface area contributed by atoms with Crippen LogP contribution in [0.15, 0.2) is 63.8 Å². The van der Waals surface area contributed by atoms with Crippen molar-refractivity contribution in [1.29, 1.82) is 0 Å². The number of aromatic hydroxyl groups is 3. The normalized spacial score (nSPS) is 26.1. The van der Waals surface area contributed by atoms with Crippen LogP contribution in [0, 0.1) is 5.92 Å². The van der Waals surface area contributed by atoms with Crippen molar-refractivity contribution in [1.82, 2.24) is 5.32 Å². The van der Waals surface area contributed by atoms with Crippen molar-refractivity contribution in [2.75, 3.05) is 18.9 Å². The van der Waals surface area contributed by atoms with Gasteiger partial charge in [0.05, 0.1) is 23.0 Å². The Bertz CT molecular complexity index is 3140. The molecular weight excluding hydrogens is 959 g/mol. The number of fused-ring (bicyclic) bond motifs is 12. The van der Waals surface area contributed by atoms with Gasteiger partial charge in [0.1, 0.15) is 34.3 Å². The summed E-state index contributed by atoms with van der Waals surface area (Å²) < 4.78 is 13.8. The van der Waals surface area contributed by atoms with Crippen molar-refractivity contribution in [3.05, 3.63) is 115 Å². The molecule has 2 saturated heterocycles. The van der Waals surface area contributed by atoms with E-state index >= 15 is 4.79 Å². The Morgan fingerprint density at radius 1 is 0.871 bits per heavy atom. The van der Waals surface area contributed by atoms with Gasteiger partial charge in [-0.1, -0.05) is 93.4 Å². The number of phenols is 2. The molecule has 366 valence electrons. The molecule has 5 bridgehead atoms. The van der Waals surface area contributed by atoms with Gasteiger partial charge in [0, 0.05) is 58.9 Å². The molecule has 12 rings (SSSR count). The van der Waals surface area contributed by atoms with Crippen LogP contribution in [0.5, 0.6) is 23.0 Å². The summed E-state index contributed by atoms with van der Waals surface area (Å²) in [6.07, 6.45) is 3.99. The van der Waals surface area contributed by atoms with Crippen LogP contribution in [-0.4, -0.2) is 73.1 Å². The Morgan fingerprint density at radius 2 is 1.74 bits per heavy atom. The zero-order chi connectivity index (χ0) is 48.1. The predicted molar refractivity (Wildman–Crippen MR) is 285 cm³/mol. The van der Waals surface area contributed by atoms with Crippen molar-refractivity contribution in [2.45, 2.75) is 130 Å². The van der Waals surface area contributed by atoms with Crippen molar-refractivity contribution in [3.8, 4) is 45.4 Å². The van der Waals surface area contributed by atoms with Crippen molar-refractivity contribution < 1.29 is 39.8 Å². The highest BCUT2D eigenvalue weighted by Crippen LogP contribution is 2.61. The summed E-state index contributed by atoms with van der Waals surface area (Å²) in [5, 5.41) is 78.3. The maximum absolute atomic E-state index is 15.4. The van der Waals surface area contributed by atoms with E-state index in [0.717, 1.165) is 82.1 Å². The number of nitrogens with one attached hydrogen (secondary N) is 1. The first-order chi connectivity index (χ1) is 34.0. The number of phenolic OH excluding ortho intramolecular Hbond substituents is 2. The van der Waals surface area contributed by atoms with Crippen LogP contribution in [-0.2, 0) is 25.0 Å². The highest BCUT2D eigenvalue weighted by molar-refractivity contribution is 8.77. The first-order valence-corrected chi connectivity index (χ1v) is 29.8. The number of ether oxygens (including phenoxy) is 1. The lowest BCUT2D eigenvalue weighted by Crippen LogP contribution is -2.39. The van der Waals surface area contributed by atoms with Gasteiger partial charge in [-0.3, -0.25) is 4.79 Å². The molecule has 0 saturated carbocycles. The molecule has 8 atom stereocenters. The summed E-state index contributed by atoms with van der Waals surface area (Å²) in [5.41, 5.74) is 9.21. The Kier molecular flexibility index (Phi) is 12.6. The second-order valence-corrected chi connectivity index (χ2v) is 26.0. The topological polar surface area (TPSA) is 173 Å². The van der Waals surface area contributed by atoms with Gasteiger partial charge >= 0.3 is 0 Å². The number of piperidine rings is 1. The standard InChI is InChI=1S/C56H59NO9S4/c1-26(2)18-31-21-35(38-25-68-69-43-9-4-15-57-49(43)30-7-3-6-27(19-30)20-34(38)50(31)61)54-53(64)52(63)48-42(66-54)24-40(60)46-36-22-33-28(14-16-58)10-11-29-12-13-32-47(44(29)33)45(36)37-23-41(65-55(46)48)39(59)8-5-17-67-70-56(32)51(37)62/h3,6-7,12-13,19,21-22,24,26,28,37,39,41,43,49,51,56-62,64H,4-5,8-11,14-18,20,23,25H2,1-2H3/t28-,37+,39-,41-,43+,49+,51-,56-/m1/s1. The highest BCUT2D eigenvalue weighted by atomic mass is 33.1. The third-order valence-corrected chi connectivity index (χ3v) is 21.6. The van der Waals surface area contributed by atoms with Crippen molar-refractivity contribution in [2.24, 2.45) is 5.92 Å². The molecule has 6 aliphatic rings. The summed E-state index contributed by atoms with van der Waals surface area (Å²) in [5.74, 6) is 0.287. The molecule has 5 heterocycles. The summed E-state index contributed by atoms with van der Waals surface area (Å²) >= 11 is 0. The van der Waals surface area contributed by atoms with Crippen molar-refractivity contribution in [3.63, 3.8) is 0 Å². The molecule has 0 unspecified atom stereocenters. The van der Waals surface area contributed by atoms with Crippen LogP contribution in [0.3, 0.4) is 0 Å². The Balaban J connectivity index is 1.11. The first kappa shape index (κ1) is 47.0. The van der Waals surface area contributed by atoms with E-state index in [1.54, 1.807) is 32.4 Å². The fourth-order valence-corrected chi connectivity index (χ4v) is 18.6. The van der Waals surface area contributed by atoms with Crippen LogP contribution in [0.2, 0.25) is 0 Å². The molecule has 2 fully saturated rings.